The number of amides is 1. The van der Waals surface area contributed by atoms with Crippen LogP contribution in [-0.4, -0.2) is 25.5 Å². The standard InChI is InChI=1S/C30H22N6O3S/c1-17-22(40-16-33-17)13-12-20-10-6-11-21-23(20)26(37)24(19-8-4-3-5-9-19)27(39-21)18(2)34-30(38)25-28(31)35-36-15-7-14-32-29(25)36/h3-11,14-16,18H,1-2H3,(H2,31,35)(H,34,38)/t18-/m1/s1. The first-order chi connectivity index (χ1) is 19.4. The van der Waals surface area contributed by atoms with Crippen molar-refractivity contribution in [3.05, 3.63) is 110 Å². The second kappa shape index (κ2) is 10.1. The van der Waals surface area contributed by atoms with E-state index in [1.54, 1.807) is 49.1 Å². The normalized spacial score (nSPS) is 11.8. The van der Waals surface area contributed by atoms with E-state index < -0.39 is 11.9 Å². The zero-order chi connectivity index (χ0) is 27.8. The Morgan fingerprint density at radius 2 is 1.93 bits per heavy atom. The van der Waals surface area contributed by atoms with Gasteiger partial charge < -0.3 is 15.5 Å². The molecule has 3 N–H and O–H groups in total. The van der Waals surface area contributed by atoms with Gasteiger partial charge in [-0.2, -0.15) is 0 Å². The fraction of sp³-hybridized carbons (Fsp3) is 0.100. The van der Waals surface area contributed by atoms with Gasteiger partial charge in [0.05, 0.1) is 33.1 Å². The molecule has 9 nitrogen and oxygen atoms in total. The molecule has 4 heterocycles. The Kier molecular flexibility index (Phi) is 6.34. The Morgan fingerprint density at radius 1 is 1.10 bits per heavy atom. The minimum atomic E-state index is -0.701. The highest BCUT2D eigenvalue weighted by atomic mass is 32.1. The largest absolute Gasteiger partial charge is 0.458 e. The van der Waals surface area contributed by atoms with Gasteiger partial charge >= 0.3 is 0 Å². The molecule has 0 bridgehead atoms. The SMILES string of the molecule is Cc1ncsc1C#Cc1cccc2oc([C@@H](C)NC(=O)c3c(N)nn4cccnc34)c(-c3ccccc3)c(=O)c12. The van der Waals surface area contributed by atoms with Crippen LogP contribution in [0.5, 0.6) is 0 Å². The molecule has 4 aromatic heterocycles. The summed E-state index contributed by atoms with van der Waals surface area (Å²) in [5.74, 6) is 6.13. The third-order valence-electron chi connectivity index (χ3n) is 6.46. The van der Waals surface area contributed by atoms with Crippen LogP contribution in [0.1, 0.15) is 45.2 Å². The second-order valence-electron chi connectivity index (χ2n) is 9.08. The van der Waals surface area contributed by atoms with Crippen LogP contribution in [0.3, 0.4) is 0 Å². The first-order valence-electron chi connectivity index (χ1n) is 12.4. The highest BCUT2D eigenvalue weighted by Crippen LogP contribution is 2.30. The number of rotatable bonds is 4. The van der Waals surface area contributed by atoms with E-state index in [1.807, 2.05) is 37.3 Å². The van der Waals surface area contributed by atoms with Gasteiger partial charge in [0, 0.05) is 18.0 Å². The number of hydrogen-bond acceptors (Lipinski definition) is 8. The molecule has 0 aliphatic heterocycles. The fourth-order valence-electron chi connectivity index (χ4n) is 4.55. The van der Waals surface area contributed by atoms with E-state index in [9.17, 15) is 9.59 Å². The third kappa shape index (κ3) is 4.38. The Balaban J connectivity index is 1.48. The quantitative estimate of drug-likeness (QED) is 0.306. The number of fused-ring (bicyclic) bond motifs is 2. The Hall–Kier alpha value is -5.27. The van der Waals surface area contributed by atoms with Crippen molar-refractivity contribution in [3.8, 4) is 23.0 Å². The van der Waals surface area contributed by atoms with Crippen molar-refractivity contribution in [2.24, 2.45) is 0 Å². The number of nitrogens with one attached hydrogen (secondary N) is 1. The van der Waals surface area contributed by atoms with Gasteiger partial charge in [0.1, 0.15) is 16.9 Å². The smallest absolute Gasteiger partial charge is 0.259 e. The molecule has 2 aromatic carbocycles. The predicted molar refractivity (Wildman–Crippen MR) is 154 cm³/mol. The van der Waals surface area contributed by atoms with Crippen LogP contribution >= 0.6 is 11.3 Å². The van der Waals surface area contributed by atoms with Crippen molar-refractivity contribution in [2.75, 3.05) is 5.73 Å². The lowest BCUT2D eigenvalue weighted by atomic mass is 9.97. The lowest BCUT2D eigenvalue weighted by Gasteiger charge is -2.18. The van der Waals surface area contributed by atoms with Gasteiger partial charge in [-0.05, 0) is 43.5 Å². The number of carbonyl (C=O) groups is 1. The van der Waals surface area contributed by atoms with Crippen LogP contribution in [0.25, 0.3) is 27.7 Å². The maximum absolute atomic E-state index is 14.2. The number of nitrogen functional groups attached to an aromatic ring is 1. The van der Waals surface area contributed by atoms with Gasteiger partial charge in [-0.25, -0.2) is 14.5 Å². The predicted octanol–water partition coefficient (Wildman–Crippen LogP) is 4.74. The number of hydrogen-bond donors (Lipinski definition) is 2. The van der Waals surface area contributed by atoms with Crippen LogP contribution in [0, 0.1) is 18.8 Å². The average molecular weight is 547 g/mol. The van der Waals surface area contributed by atoms with Crippen LogP contribution < -0.4 is 16.5 Å². The molecule has 0 spiro atoms. The lowest BCUT2D eigenvalue weighted by Crippen LogP contribution is -2.28. The minimum Gasteiger partial charge on any atom is -0.458 e. The molecule has 1 atom stereocenters. The van der Waals surface area contributed by atoms with Crippen LogP contribution in [0.4, 0.5) is 5.82 Å². The number of thiazole rings is 1. The second-order valence-corrected chi connectivity index (χ2v) is 9.93. The molecule has 0 unspecified atom stereocenters. The van der Waals surface area contributed by atoms with E-state index in [-0.39, 0.29) is 16.8 Å². The first kappa shape index (κ1) is 25.0. The fourth-order valence-corrected chi connectivity index (χ4v) is 5.20. The Labute approximate surface area is 232 Å². The molecule has 196 valence electrons. The lowest BCUT2D eigenvalue weighted by molar-refractivity contribution is 0.0938. The molecule has 40 heavy (non-hydrogen) atoms. The van der Waals surface area contributed by atoms with Crippen molar-refractivity contribution in [1.82, 2.24) is 24.9 Å². The molecular formula is C30H22N6O3S. The number of aryl methyl sites for hydroxylation is 1. The van der Waals surface area contributed by atoms with E-state index in [4.69, 9.17) is 10.2 Å². The van der Waals surface area contributed by atoms with E-state index in [0.717, 1.165) is 10.6 Å². The molecule has 6 aromatic rings. The maximum atomic E-state index is 14.2. The number of anilines is 1. The summed E-state index contributed by atoms with van der Waals surface area (Å²) in [5.41, 5.74) is 10.8. The summed E-state index contributed by atoms with van der Waals surface area (Å²) in [6.45, 7) is 3.64. The zero-order valence-corrected chi connectivity index (χ0v) is 22.3. The van der Waals surface area contributed by atoms with E-state index in [2.05, 4.69) is 32.2 Å². The Morgan fingerprint density at radius 3 is 2.70 bits per heavy atom. The van der Waals surface area contributed by atoms with Crippen LogP contribution in [0.15, 0.2) is 81.7 Å². The monoisotopic (exact) mass is 546 g/mol. The van der Waals surface area contributed by atoms with Gasteiger partial charge in [0.15, 0.2) is 11.5 Å². The topological polar surface area (TPSA) is 128 Å². The van der Waals surface area contributed by atoms with Gasteiger partial charge in [-0.1, -0.05) is 42.3 Å². The minimum absolute atomic E-state index is 0.0473. The summed E-state index contributed by atoms with van der Waals surface area (Å²) < 4.78 is 7.81. The summed E-state index contributed by atoms with van der Waals surface area (Å²) in [5, 5.41) is 7.46. The molecule has 0 aliphatic carbocycles. The van der Waals surface area contributed by atoms with Crippen molar-refractivity contribution >= 4 is 39.7 Å². The summed E-state index contributed by atoms with van der Waals surface area (Å²) in [4.78, 5) is 36.8. The molecule has 0 fully saturated rings. The molecule has 0 saturated heterocycles. The molecular weight excluding hydrogens is 524 g/mol. The summed E-state index contributed by atoms with van der Waals surface area (Å²) >= 11 is 1.44. The third-order valence-corrected chi connectivity index (χ3v) is 7.30. The maximum Gasteiger partial charge on any atom is 0.259 e. The number of carbonyl (C=O) groups excluding carboxylic acids is 1. The molecule has 0 saturated carbocycles. The van der Waals surface area contributed by atoms with Gasteiger partial charge in [-0.15, -0.1) is 16.4 Å². The highest BCUT2D eigenvalue weighted by Gasteiger charge is 2.26. The van der Waals surface area contributed by atoms with Crippen molar-refractivity contribution in [1.29, 1.82) is 0 Å². The number of benzene rings is 2. The first-order valence-corrected chi connectivity index (χ1v) is 13.3. The van der Waals surface area contributed by atoms with E-state index in [1.165, 1.54) is 15.9 Å². The molecule has 0 radical (unpaired) electrons. The zero-order valence-electron chi connectivity index (χ0n) is 21.5. The number of nitrogens with two attached hydrogens (primary N) is 1. The molecule has 10 heteroatoms. The van der Waals surface area contributed by atoms with Crippen LogP contribution in [0.2, 0.25) is 0 Å². The van der Waals surface area contributed by atoms with Gasteiger partial charge in [-0.3, -0.25) is 9.59 Å². The highest BCUT2D eigenvalue weighted by molar-refractivity contribution is 7.10. The summed E-state index contributed by atoms with van der Waals surface area (Å²) in [6.07, 6.45) is 3.22. The van der Waals surface area contributed by atoms with Crippen molar-refractivity contribution < 1.29 is 9.21 Å². The van der Waals surface area contributed by atoms with Gasteiger partial charge in [0.2, 0.25) is 5.43 Å². The number of nitrogens with zero attached hydrogens (tertiary/aromatic N) is 4. The molecule has 1 amide bonds. The van der Waals surface area contributed by atoms with Crippen molar-refractivity contribution in [2.45, 2.75) is 19.9 Å². The molecule has 6 rings (SSSR count). The van der Waals surface area contributed by atoms with Crippen LogP contribution in [-0.2, 0) is 0 Å². The summed E-state index contributed by atoms with van der Waals surface area (Å²) in [7, 11) is 0. The number of aromatic nitrogens is 4. The average Bonchev–Trinajstić information content (AvgIpc) is 3.53. The van der Waals surface area contributed by atoms with E-state index >= 15 is 0 Å². The molecule has 0 aliphatic rings. The Bertz CT molecular complexity index is 2030. The van der Waals surface area contributed by atoms with Gasteiger partial charge in [0.25, 0.3) is 5.91 Å². The summed E-state index contributed by atoms with van der Waals surface area (Å²) in [6, 6.07) is 15.5. The van der Waals surface area contributed by atoms with E-state index in [0.29, 0.717) is 39.1 Å². The van der Waals surface area contributed by atoms with Crippen molar-refractivity contribution in [3.63, 3.8) is 0 Å².